The van der Waals surface area contributed by atoms with Crippen LogP contribution in [0, 0.1) is 13.8 Å². The first kappa shape index (κ1) is 15.9. The number of hydrogen-bond donors (Lipinski definition) is 1. The smallest absolute Gasteiger partial charge is 0.142 e. The minimum Gasteiger partial charge on any atom is -0.495 e. The lowest BCUT2D eigenvalue weighted by atomic mass is 10.1. The molecule has 0 bridgehead atoms. The van der Waals surface area contributed by atoms with Crippen LogP contribution < -0.4 is 9.64 Å². The van der Waals surface area contributed by atoms with E-state index in [1.807, 2.05) is 12.1 Å². The number of nitrogens with zero attached hydrogens (tertiary/aromatic N) is 3. The Morgan fingerprint density at radius 3 is 2.70 bits per heavy atom. The van der Waals surface area contributed by atoms with Crippen molar-refractivity contribution in [2.24, 2.45) is 0 Å². The topological polar surface area (TPSA) is 44.4 Å². The molecule has 3 rings (SSSR count). The number of aromatic amines is 1. The third-order valence-corrected chi connectivity index (χ3v) is 4.72. The zero-order valence-corrected chi connectivity index (χ0v) is 14.5. The number of para-hydroxylation sites is 2. The Balaban J connectivity index is 1.67. The summed E-state index contributed by atoms with van der Waals surface area (Å²) in [6.07, 6.45) is 0. The van der Waals surface area contributed by atoms with Crippen LogP contribution in [0.2, 0.25) is 0 Å². The van der Waals surface area contributed by atoms with E-state index in [1.54, 1.807) is 7.11 Å². The third-order valence-electron chi connectivity index (χ3n) is 4.72. The molecular formula is C18H26N4O. The summed E-state index contributed by atoms with van der Waals surface area (Å²) >= 11 is 0. The maximum atomic E-state index is 5.50. The fourth-order valence-electron chi connectivity index (χ4n) is 3.23. The van der Waals surface area contributed by atoms with E-state index in [0.717, 1.165) is 43.4 Å². The number of piperazine rings is 1. The van der Waals surface area contributed by atoms with Gasteiger partial charge in [0, 0.05) is 31.4 Å². The molecule has 124 valence electrons. The van der Waals surface area contributed by atoms with E-state index >= 15 is 0 Å². The number of aromatic nitrogens is 2. The molecule has 1 aromatic heterocycles. The summed E-state index contributed by atoms with van der Waals surface area (Å²) < 4.78 is 5.50. The maximum absolute atomic E-state index is 5.50. The lowest BCUT2D eigenvalue weighted by molar-refractivity contribution is 0.176. The summed E-state index contributed by atoms with van der Waals surface area (Å²) in [5, 5.41) is 0. The first-order valence-electron chi connectivity index (χ1n) is 8.22. The second-order valence-corrected chi connectivity index (χ2v) is 6.33. The largest absolute Gasteiger partial charge is 0.495 e. The number of aryl methyl sites for hydroxylation is 2. The van der Waals surface area contributed by atoms with E-state index in [1.165, 1.54) is 11.4 Å². The zero-order valence-electron chi connectivity index (χ0n) is 14.5. The molecule has 1 saturated heterocycles. The third kappa shape index (κ3) is 3.34. The summed E-state index contributed by atoms with van der Waals surface area (Å²) in [5.41, 5.74) is 3.45. The molecule has 2 aromatic rings. The van der Waals surface area contributed by atoms with Gasteiger partial charge < -0.3 is 14.6 Å². The van der Waals surface area contributed by atoms with Crippen molar-refractivity contribution in [1.82, 2.24) is 14.9 Å². The minimum atomic E-state index is 0.472. The Kier molecular flexibility index (Phi) is 4.57. The zero-order chi connectivity index (χ0) is 16.4. The lowest BCUT2D eigenvalue weighted by Crippen LogP contribution is -2.51. The quantitative estimate of drug-likeness (QED) is 0.942. The predicted octanol–water partition coefficient (Wildman–Crippen LogP) is 2.75. The highest BCUT2D eigenvalue weighted by Gasteiger charge is 2.26. The number of benzene rings is 1. The Morgan fingerprint density at radius 1 is 1.26 bits per heavy atom. The normalized spacial score (nSPS) is 19.1. The van der Waals surface area contributed by atoms with Gasteiger partial charge in [0.25, 0.3) is 0 Å². The van der Waals surface area contributed by atoms with Gasteiger partial charge in [0.1, 0.15) is 11.6 Å². The summed E-state index contributed by atoms with van der Waals surface area (Å²) in [7, 11) is 1.74. The van der Waals surface area contributed by atoms with E-state index in [4.69, 9.17) is 4.74 Å². The molecule has 0 unspecified atom stereocenters. The lowest BCUT2D eigenvalue weighted by Gasteiger charge is -2.41. The Hall–Kier alpha value is -2.01. The van der Waals surface area contributed by atoms with Crippen molar-refractivity contribution in [3.63, 3.8) is 0 Å². The van der Waals surface area contributed by atoms with Crippen molar-refractivity contribution < 1.29 is 4.74 Å². The van der Waals surface area contributed by atoms with Crippen molar-refractivity contribution in [3.05, 3.63) is 41.5 Å². The van der Waals surface area contributed by atoms with Gasteiger partial charge in [-0.1, -0.05) is 12.1 Å². The number of H-pyrrole nitrogens is 1. The van der Waals surface area contributed by atoms with Gasteiger partial charge in [0.15, 0.2) is 0 Å². The molecule has 5 nitrogen and oxygen atoms in total. The molecule has 0 amide bonds. The second kappa shape index (κ2) is 6.62. The van der Waals surface area contributed by atoms with Crippen molar-refractivity contribution in [1.29, 1.82) is 0 Å². The number of nitrogens with one attached hydrogen (secondary N) is 1. The Bertz CT molecular complexity index is 647. The van der Waals surface area contributed by atoms with Crippen molar-refractivity contribution in [3.8, 4) is 5.75 Å². The molecule has 1 aromatic carbocycles. The molecule has 0 aliphatic carbocycles. The van der Waals surface area contributed by atoms with Crippen LogP contribution in [0.3, 0.4) is 0 Å². The summed E-state index contributed by atoms with van der Waals surface area (Å²) in [4.78, 5) is 12.9. The van der Waals surface area contributed by atoms with E-state index in [0.29, 0.717) is 6.04 Å². The van der Waals surface area contributed by atoms with Crippen LogP contribution in [-0.2, 0) is 6.54 Å². The van der Waals surface area contributed by atoms with Gasteiger partial charge >= 0.3 is 0 Å². The first-order chi connectivity index (χ1) is 11.1. The van der Waals surface area contributed by atoms with Gasteiger partial charge in [-0.05, 0) is 32.9 Å². The van der Waals surface area contributed by atoms with E-state index in [-0.39, 0.29) is 0 Å². The Labute approximate surface area is 138 Å². The van der Waals surface area contributed by atoms with Gasteiger partial charge in [-0.25, -0.2) is 4.98 Å². The molecule has 0 saturated carbocycles. The summed E-state index contributed by atoms with van der Waals surface area (Å²) in [5.74, 6) is 2.02. The van der Waals surface area contributed by atoms with Crippen molar-refractivity contribution >= 4 is 5.69 Å². The highest BCUT2D eigenvalue weighted by molar-refractivity contribution is 5.58. The first-order valence-corrected chi connectivity index (χ1v) is 8.22. The van der Waals surface area contributed by atoms with Gasteiger partial charge in [0.05, 0.1) is 25.0 Å². The molecule has 5 heteroatoms. The van der Waals surface area contributed by atoms with Gasteiger partial charge in [-0.15, -0.1) is 0 Å². The number of ether oxygens (including phenoxy) is 1. The number of rotatable bonds is 4. The van der Waals surface area contributed by atoms with E-state index < -0.39 is 0 Å². The molecule has 1 aliphatic rings. The average Bonchev–Trinajstić information content (AvgIpc) is 2.87. The van der Waals surface area contributed by atoms with Crippen LogP contribution in [0.4, 0.5) is 5.69 Å². The fourth-order valence-corrected chi connectivity index (χ4v) is 3.23. The van der Waals surface area contributed by atoms with Crippen LogP contribution in [0.15, 0.2) is 24.3 Å². The number of hydrogen-bond acceptors (Lipinski definition) is 4. The molecule has 1 N–H and O–H groups in total. The number of imidazole rings is 1. The summed E-state index contributed by atoms with van der Waals surface area (Å²) in [6, 6.07) is 8.73. The molecular weight excluding hydrogens is 288 g/mol. The van der Waals surface area contributed by atoms with Crippen LogP contribution in [0.1, 0.15) is 24.1 Å². The molecule has 23 heavy (non-hydrogen) atoms. The molecule has 1 aliphatic heterocycles. The molecule has 1 atom stereocenters. The van der Waals surface area contributed by atoms with Gasteiger partial charge in [0.2, 0.25) is 0 Å². The second-order valence-electron chi connectivity index (χ2n) is 6.33. The fraction of sp³-hybridized carbons (Fsp3) is 0.500. The van der Waals surface area contributed by atoms with E-state index in [2.05, 4.69) is 52.7 Å². The summed E-state index contributed by atoms with van der Waals surface area (Å²) in [6.45, 7) is 10.3. The minimum absolute atomic E-state index is 0.472. The van der Waals surface area contributed by atoms with Crippen LogP contribution in [0.25, 0.3) is 0 Å². The molecule has 1 fully saturated rings. The SMILES string of the molecule is COc1ccccc1N1CCN(Cc2nc(C)c(C)[nH]2)[C@@H](C)C1. The van der Waals surface area contributed by atoms with Crippen LogP contribution >= 0.6 is 0 Å². The Morgan fingerprint density at radius 2 is 2.04 bits per heavy atom. The van der Waals surface area contributed by atoms with Gasteiger partial charge in [-0.3, -0.25) is 4.90 Å². The van der Waals surface area contributed by atoms with E-state index in [9.17, 15) is 0 Å². The monoisotopic (exact) mass is 314 g/mol. The van der Waals surface area contributed by atoms with Crippen molar-refractivity contribution in [2.45, 2.75) is 33.4 Å². The van der Waals surface area contributed by atoms with Crippen molar-refractivity contribution in [2.75, 3.05) is 31.6 Å². The number of anilines is 1. The van der Waals surface area contributed by atoms with Crippen LogP contribution in [-0.4, -0.2) is 47.7 Å². The average molecular weight is 314 g/mol. The molecule has 0 radical (unpaired) electrons. The van der Waals surface area contributed by atoms with Crippen LogP contribution in [0.5, 0.6) is 5.75 Å². The number of methoxy groups -OCH3 is 1. The standard InChI is InChI=1S/C18H26N4O/c1-13-11-22(16-7-5-6-8-17(16)23-4)10-9-21(13)12-18-19-14(2)15(3)20-18/h5-8,13H,9-12H2,1-4H3,(H,19,20)/t13-/m0/s1. The highest BCUT2D eigenvalue weighted by atomic mass is 16.5. The molecule has 0 spiro atoms. The predicted molar refractivity (Wildman–Crippen MR) is 93.1 cm³/mol. The highest BCUT2D eigenvalue weighted by Crippen LogP contribution is 2.29. The maximum Gasteiger partial charge on any atom is 0.142 e. The van der Waals surface area contributed by atoms with Gasteiger partial charge in [-0.2, -0.15) is 0 Å². The molecule has 2 heterocycles.